The van der Waals surface area contributed by atoms with Crippen LogP contribution in [-0.4, -0.2) is 0 Å². The molecule has 3 heteroatoms. The standard InChI is InChI=1S/C10H11BrCl2/c1-5(2)7-4-8(12)9(11)10(13)6(7)3/h4-5H,1-3H3. The highest BCUT2D eigenvalue weighted by Gasteiger charge is 2.12. The van der Waals surface area contributed by atoms with Crippen LogP contribution in [0.5, 0.6) is 0 Å². The number of benzene rings is 1. The van der Waals surface area contributed by atoms with Gasteiger partial charge < -0.3 is 0 Å². The highest BCUT2D eigenvalue weighted by atomic mass is 79.9. The van der Waals surface area contributed by atoms with E-state index in [0.717, 1.165) is 15.1 Å². The lowest BCUT2D eigenvalue weighted by molar-refractivity contribution is 0.856. The van der Waals surface area contributed by atoms with Gasteiger partial charge in [-0.25, -0.2) is 0 Å². The maximum atomic E-state index is 6.10. The minimum Gasteiger partial charge on any atom is -0.0830 e. The molecule has 0 fully saturated rings. The van der Waals surface area contributed by atoms with Gasteiger partial charge in [0.25, 0.3) is 0 Å². The molecule has 0 spiro atoms. The minimum absolute atomic E-state index is 0.447. The third-order valence-electron chi connectivity index (χ3n) is 2.07. The highest BCUT2D eigenvalue weighted by Crippen LogP contribution is 2.37. The predicted octanol–water partition coefficient (Wildman–Crippen LogP) is 5.19. The van der Waals surface area contributed by atoms with E-state index in [-0.39, 0.29) is 0 Å². The summed E-state index contributed by atoms with van der Waals surface area (Å²) in [5, 5.41) is 1.40. The Morgan fingerprint density at radius 2 is 1.85 bits per heavy atom. The van der Waals surface area contributed by atoms with E-state index < -0.39 is 0 Å². The normalized spacial score (nSPS) is 11.0. The Balaban J connectivity index is 3.41. The van der Waals surface area contributed by atoms with Gasteiger partial charge >= 0.3 is 0 Å². The number of rotatable bonds is 1. The van der Waals surface area contributed by atoms with Gasteiger partial charge in [0, 0.05) is 0 Å². The summed E-state index contributed by atoms with van der Waals surface area (Å²) >= 11 is 15.5. The van der Waals surface area contributed by atoms with Crippen molar-refractivity contribution < 1.29 is 0 Å². The van der Waals surface area contributed by atoms with Crippen LogP contribution < -0.4 is 0 Å². The highest BCUT2D eigenvalue weighted by molar-refractivity contribution is 9.10. The van der Waals surface area contributed by atoms with Crippen molar-refractivity contribution in [3.63, 3.8) is 0 Å². The summed E-state index contributed by atoms with van der Waals surface area (Å²) < 4.78 is 0.790. The van der Waals surface area contributed by atoms with Gasteiger partial charge in [0.2, 0.25) is 0 Å². The third kappa shape index (κ3) is 2.20. The van der Waals surface area contributed by atoms with E-state index in [2.05, 4.69) is 29.8 Å². The number of hydrogen-bond acceptors (Lipinski definition) is 0. The van der Waals surface area contributed by atoms with Crippen LogP contribution in [0.2, 0.25) is 10.0 Å². The molecule has 1 aromatic carbocycles. The Morgan fingerprint density at radius 1 is 1.31 bits per heavy atom. The molecule has 0 saturated heterocycles. The van der Waals surface area contributed by atoms with Crippen LogP contribution in [-0.2, 0) is 0 Å². The fourth-order valence-electron chi connectivity index (χ4n) is 1.30. The second kappa shape index (κ2) is 4.20. The van der Waals surface area contributed by atoms with Crippen molar-refractivity contribution in [1.29, 1.82) is 0 Å². The maximum absolute atomic E-state index is 6.10. The Kier molecular flexibility index (Phi) is 3.67. The van der Waals surface area contributed by atoms with E-state index in [4.69, 9.17) is 23.2 Å². The summed E-state index contributed by atoms with van der Waals surface area (Å²) in [6.45, 7) is 6.27. The van der Waals surface area contributed by atoms with E-state index in [1.54, 1.807) is 0 Å². The second-order valence-electron chi connectivity index (χ2n) is 3.36. The smallest absolute Gasteiger partial charge is 0.0595 e. The summed E-state index contributed by atoms with van der Waals surface area (Å²) in [6, 6.07) is 1.97. The molecule has 0 unspecified atom stereocenters. The molecule has 0 saturated carbocycles. The van der Waals surface area contributed by atoms with Crippen LogP contribution in [0, 0.1) is 6.92 Å². The average molecular weight is 282 g/mol. The molecule has 0 aliphatic rings. The maximum Gasteiger partial charge on any atom is 0.0595 e. The summed E-state index contributed by atoms with van der Waals surface area (Å²) in [7, 11) is 0. The zero-order chi connectivity index (χ0) is 10.2. The molecule has 0 aliphatic heterocycles. The van der Waals surface area contributed by atoms with Crippen molar-refractivity contribution in [2.45, 2.75) is 26.7 Å². The molecule has 0 heterocycles. The first-order valence-corrected chi connectivity index (χ1v) is 5.64. The summed E-state index contributed by atoms with van der Waals surface area (Å²) in [4.78, 5) is 0. The number of halogens is 3. The fraction of sp³-hybridized carbons (Fsp3) is 0.400. The first kappa shape index (κ1) is 11.4. The zero-order valence-corrected chi connectivity index (χ0v) is 10.9. The SMILES string of the molecule is Cc1c(C(C)C)cc(Cl)c(Br)c1Cl. The predicted molar refractivity (Wildman–Crippen MR) is 63.0 cm³/mol. The van der Waals surface area contributed by atoms with Crippen LogP contribution in [0.25, 0.3) is 0 Å². The Hall–Kier alpha value is 0.280. The molecule has 0 atom stereocenters. The molecule has 72 valence electrons. The van der Waals surface area contributed by atoms with Gasteiger partial charge in [0.1, 0.15) is 0 Å². The quantitative estimate of drug-likeness (QED) is 0.622. The molecule has 0 nitrogen and oxygen atoms in total. The first-order valence-electron chi connectivity index (χ1n) is 4.09. The number of hydrogen-bond donors (Lipinski definition) is 0. The molecule has 0 radical (unpaired) electrons. The largest absolute Gasteiger partial charge is 0.0830 e. The lowest BCUT2D eigenvalue weighted by atomic mass is 9.98. The lowest BCUT2D eigenvalue weighted by Gasteiger charge is -2.13. The second-order valence-corrected chi connectivity index (χ2v) is 4.93. The van der Waals surface area contributed by atoms with Gasteiger partial charge in [0.15, 0.2) is 0 Å². The van der Waals surface area contributed by atoms with Crippen LogP contribution in [0.15, 0.2) is 10.5 Å². The van der Waals surface area contributed by atoms with Crippen molar-refractivity contribution in [2.24, 2.45) is 0 Å². The minimum atomic E-state index is 0.447. The molecule has 0 N–H and O–H groups in total. The van der Waals surface area contributed by atoms with Gasteiger partial charge in [-0.05, 0) is 46.0 Å². The van der Waals surface area contributed by atoms with Crippen LogP contribution in [0.4, 0.5) is 0 Å². The topological polar surface area (TPSA) is 0 Å². The Bertz CT molecular complexity index is 332. The van der Waals surface area contributed by atoms with Crippen molar-refractivity contribution in [1.82, 2.24) is 0 Å². The zero-order valence-electron chi connectivity index (χ0n) is 7.79. The first-order chi connectivity index (χ1) is 5.95. The average Bonchev–Trinajstić information content (AvgIpc) is 2.07. The van der Waals surface area contributed by atoms with Gasteiger partial charge in [0.05, 0.1) is 14.5 Å². The molecule has 0 aliphatic carbocycles. The summed E-state index contributed by atoms with van der Waals surface area (Å²) in [6.07, 6.45) is 0. The molecule has 13 heavy (non-hydrogen) atoms. The fourth-order valence-corrected chi connectivity index (χ4v) is 2.19. The Morgan fingerprint density at radius 3 is 2.31 bits per heavy atom. The van der Waals surface area contributed by atoms with Gasteiger partial charge in [-0.1, -0.05) is 37.0 Å². The van der Waals surface area contributed by atoms with E-state index in [1.807, 2.05) is 13.0 Å². The molecular weight excluding hydrogens is 271 g/mol. The van der Waals surface area contributed by atoms with Crippen molar-refractivity contribution >= 4 is 39.1 Å². The summed E-state index contributed by atoms with van der Waals surface area (Å²) in [5.41, 5.74) is 2.31. The lowest BCUT2D eigenvalue weighted by Crippen LogP contribution is -1.93. The van der Waals surface area contributed by atoms with Gasteiger partial charge in [-0.15, -0.1) is 0 Å². The third-order valence-corrected chi connectivity index (χ3v) is 4.12. The van der Waals surface area contributed by atoms with Gasteiger partial charge in [-0.3, -0.25) is 0 Å². The van der Waals surface area contributed by atoms with E-state index in [0.29, 0.717) is 10.9 Å². The molecular formula is C10H11BrCl2. The van der Waals surface area contributed by atoms with Crippen LogP contribution >= 0.6 is 39.1 Å². The van der Waals surface area contributed by atoms with Crippen LogP contribution in [0.3, 0.4) is 0 Å². The van der Waals surface area contributed by atoms with Crippen molar-refractivity contribution in [2.75, 3.05) is 0 Å². The van der Waals surface area contributed by atoms with E-state index >= 15 is 0 Å². The molecule has 1 rings (SSSR count). The van der Waals surface area contributed by atoms with Crippen molar-refractivity contribution in [3.05, 3.63) is 31.7 Å². The van der Waals surface area contributed by atoms with E-state index in [1.165, 1.54) is 5.56 Å². The van der Waals surface area contributed by atoms with Crippen molar-refractivity contribution in [3.8, 4) is 0 Å². The summed E-state index contributed by atoms with van der Waals surface area (Å²) in [5.74, 6) is 0.447. The van der Waals surface area contributed by atoms with Crippen LogP contribution in [0.1, 0.15) is 30.9 Å². The van der Waals surface area contributed by atoms with E-state index in [9.17, 15) is 0 Å². The monoisotopic (exact) mass is 280 g/mol. The molecule has 0 amide bonds. The Labute approximate surface area is 97.4 Å². The van der Waals surface area contributed by atoms with Gasteiger partial charge in [-0.2, -0.15) is 0 Å². The molecule has 0 aromatic heterocycles. The molecule has 0 bridgehead atoms. The molecule has 1 aromatic rings.